The largest absolute Gasteiger partial charge is 0.386 e. The summed E-state index contributed by atoms with van der Waals surface area (Å²) in [5.41, 5.74) is 1.94. The van der Waals surface area contributed by atoms with Crippen molar-refractivity contribution in [3.8, 4) is 0 Å². The number of fused-ring (bicyclic) bond motifs is 1. The average Bonchev–Trinajstić information content (AvgIpc) is 3.05. The summed E-state index contributed by atoms with van der Waals surface area (Å²) in [6.45, 7) is 3.56. The second-order valence-corrected chi connectivity index (χ2v) is 7.17. The van der Waals surface area contributed by atoms with Crippen LogP contribution in [0, 0.1) is 18.6 Å². The van der Waals surface area contributed by atoms with Gasteiger partial charge in [0.1, 0.15) is 6.10 Å². The van der Waals surface area contributed by atoms with E-state index in [1.54, 1.807) is 37.0 Å². The first-order chi connectivity index (χ1) is 12.8. The van der Waals surface area contributed by atoms with E-state index >= 15 is 0 Å². The maximum atomic E-state index is 14.1. The van der Waals surface area contributed by atoms with Gasteiger partial charge in [0.15, 0.2) is 11.6 Å². The van der Waals surface area contributed by atoms with Gasteiger partial charge in [-0.2, -0.15) is 5.10 Å². The predicted molar refractivity (Wildman–Crippen MR) is 95.7 cm³/mol. The smallest absolute Gasteiger partial charge is 0.225 e. The van der Waals surface area contributed by atoms with E-state index in [-0.39, 0.29) is 12.3 Å². The molecule has 8 heteroatoms. The van der Waals surface area contributed by atoms with E-state index in [0.717, 1.165) is 5.69 Å². The number of rotatable bonds is 5. The van der Waals surface area contributed by atoms with E-state index in [2.05, 4.69) is 5.10 Å². The van der Waals surface area contributed by atoms with Crippen molar-refractivity contribution in [2.75, 3.05) is 20.6 Å². The van der Waals surface area contributed by atoms with Crippen LogP contribution in [0.4, 0.5) is 8.78 Å². The fraction of sp³-hybridized carbons (Fsp3) is 0.474. The van der Waals surface area contributed by atoms with Gasteiger partial charge < -0.3 is 10.0 Å². The van der Waals surface area contributed by atoms with Gasteiger partial charge in [0.2, 0.25) is 5.91 Å². The minimum Gasteiger partial charge on any atom is -0.386 e. The molecule has 0 spiro atoms. The van der Waals surface area contributed by atoms with Gasteiger partial charge >= 0.3 is 0 Å². The zero-order valence-electron chi connectivity index (χ0n) is 15.7. The summed E-state index contributed by atoms with van der Waals surface area (Å²) in [4.78, 5) is 15.2. The van der Waals surface area contributed by atoms with Gasteiger partial charge in [-0.3, -0.25) is 14.4 Å². The minimum absolute atomic E-state index is 0.0268. The lowest BCUT2D eigenvalue weighted by molar-refractivity contribution is -0.130. The summed E-state index contributed by atoms with van der Waals surface area (Å²) in [6.07, 6.45) is -0.990. The lowest BCUT2D eigenvalue weighted by atomic mass is 10.1. The zero-order chi connectivity index (χ0) is 19.7. The van der Waals surface area contributed by atoms with E-state index < -0.39 is 17.7 Å². The Bertz CT molecular complexity index is 850. The standard InChI is InChI=1S/C19H24F2N4O2/c1-12-4-5-13(19(21)18(12)20)10-24-6-7-25-14(11-24)8-15(22-25)16(26)9-17(27)23(2)3/h4-5,8,16,26H,6-7,9-11H2,1-3H3/t16-/m1/s1. The number of carbonyl (C=O) groups is 1. The number of aromatic nitrogens is 2. The molecule has 146 valence electrons. The Morgan fingerprint density at radius 3 is 2.74 bits per heavy atom. The highest BCUT2D eigenvalue weighted by molar-refractivity contribution is 5.76. The number of carbonyl (C=O) groups excluding carboxylic acids is 1. The van der Waals surface area contributed by atoms with Crippen LogP contribution in [0.1, 0.15) is 35.0 Å². The normalized spacial score (nSPS) is 15.5. The summed E-state index contributed by atoms with van der Waals surface area (Å²) >= 11 is 0. The molecule has 1 amide bonds. The molecule has 0 radical (unpaired) electrons. The fourth-order valence-corrected chi connectivity index (χ4v) is 3.14. The van der Waals surface area contributed by atoms with Crippen LogP contribution in [0.5, 0.6) is 0 Å². The van der Waals surface area contributed by atoms with Crippen LogP contribution < -0.4 is 0 Å². The highest BCUT2D eigenvalue weighted by Gasteiger charge is 2.24. The molecule has 0 bridgehead atoms. The van der Waals surface area contributed by atoms with Crippen molar-refractivity contribution in [1.29, 1.82) is 0 Å². The Balaban J connectivity index is 1.69. The highest BCUT2D eigenvalue weighted by Crippen LogP contribution is 2.23. The molecule has 1 aromatic carbocycles. The molecule has 27 heavy (non-hydrogen) atoms. The molecule has 0 fully saturated rings. The molecule has 1 aromatic heterocycles. The lowest BCUT2D eigenvalue weighted by Crippen LogP contribution is -2.33. The molecule has 2 heterocycles. The van der Waals surface area contributed by atoms with Crippen molar-refractivity contribution in [1.82, 2.24) is 19.6 Å². The maximum absolute atomic E-state index is 14.1. The summed E-state index contributed by atoms with van der Waals surface area (Å²) in [7, 11) is 3.27. The van der Waals surface area contributed by atoms with Crippen molar-refractivity contribution < 1.29 is 18.7 Å². The van der Waals surface area contributed by atoms with Crippen LogP contribution in [-0.4, -0.2) is 51.2 Å². The predicted octanol–water partition coefficient (Wildman–Crippen LogP) is 2.00. The summed E-state index contributed by atoms with van der Waals surface area (Å²) in [5, 5.41) is 14.6. The van der Waals surface area contributed by atoms with Gasteiger partial charge in [0.25, 0.3) is 0 Å². The third kappa shape index (κ3) is 4.17. The number of hydrogen-bond donors (Lipinski definition) is 1. The van der Waals surface area contributed by atoms with E-state index in [1.807, 2.05) is 4.90 Å². The number of halogens is 2. The summed E-state index contributed by atoms with van der Waals surface area (Å²) < 4.78 is 29.7. The molecule has 0 aliphatic carbocycles. The third-order valence-electron chi connectivity index (χ3n) is 4.85. The summed E-state index contributed by atoms with van der Waals surface area (Å²) in [5.74, 6) is -1.77. The number of aliphatic hydroxyl groups excluding tert-OH is 1. The maximum Gasteiger partial charge on any atom is 0.225 e. The first-order valence-corrected chi connectivity index (χ1v) is 8.87. The molecule has 3 rings (SSSR count). The molecule has 0 saturated heterocycles. The van der Waals surface area contributed by atoms with Gasteiger partial charge in [0.05, 0.1) is 24.4 Å². The van der Waals surface area contributed by atoms with Crippen LogP contribution in [0.15, 0.2) is 18.2 Å². The molecule has 1 aliphatic rings. The first-order valence-electron chi connectivity index (χ1n) is 8.87. The number of aryl methyl sites for hydroxylation is 1. The fourth-order valence-electron chi connectivity index (χ4n) is 3.14. The molecule has 0 saturated carbocycles. The van der Waals surface area contributed by atoms with Crippen molar-refractivity contribution >= 4 is 5.91 Å². The van der Waals surface area contributed by atoms with E-state index in [0.29, 0.717) is 43.0 Å². The monoisotopic (exact) mass is 378 g/mol. The SMILES string of the molecule is Cc1ccc(CN2CCn3nc([C@H](O)CC(=O)N(C)C)cc3C2)c(F)c1F. The summed E-state index contributed by atoms with van der Waals surface area (Å²) in [6, 6.07) is 4.96. The number of nitrogens with zero attached hydrogens (tertiary/aromatic N) is 4. The quantitative estimate of drug-likeness (QED) is 0.865. The Kier molecular flexibility index (Phi) is 5.57. The van der Waals surface area contributed by atoms with Crippen molar-refractivity contribution in [3.05, 3.63) is 52.3 Å². The van der Waals surface area contributed by atoms with Crippen LogP contribution in [0.3, 0.4) is 0 Å². The van der Waals surface area contributed by atoms with Gasteiger partial charge in [-0.05, 0) is 18.6 Å². The number of aliphatic hydroxyl groups is 1. The molecule has 6 nitrogen and oxygen atoms in total. The van der Waals surface area contributed by atoms with Crippen molar-refractivity contribution in [3.63, 3.8) is 0 Å². The van der Waals surface area contributed by atoms with E-state index in [1.165, 1.54) is 11.8 Å². The Morgan fingerprint density at radius 1 is 1.30 bits per heavy atom. The van der Waals surface area contributed by atoms with Crippen LogP contribution in [0.25, 0.3) is 0 Å². The minimum atomic E-state index is -0.963. The van der Waals surface area contributed by atoms with E-state index in [9.17, 15) is 18.7 Å². The van der Waals surface area contributed by atoms with Crippen LogP contribution in [0.2, 0.25) is 0 Å². The molecule has 1 atom stereocenters. The molecular weight excluding hydrogens is 354 g/mol. The number of amides is 1. The number of hydrogen-bond acceptors (Lipinski definition) is 4. The highest BCUT2D eigenvalue weighted by atomic mass is 19.2. The van der Waals surface area contributed by atoms with Crippen LogP contribution >= 0.6 is 0 Å². The van der Waals surface area contributed by atoms with Gasteiger partial charge in [-0.1, -0.05) is 12.1 Å². The zero-order valence-corrected chi connectivity index (χ0v) is 15.7. The average molecular weight is 378 g/mol. The Morgan fingerprint density at radius 2 is 2.04 bits per heavy atom. The molecule has 0 unspecified atom stereocenters. The number of benzene rings is 1. The van der Waals surface area contributed by atoms with Gasteiger partial charge in [-0.25, -0.2) is 8.78 Å². The Hall–Kier alpha value is -2.32. The second kappa shape index (κ2) is 7.74. The molecule has 1 N–H and O–H groups in total. The van der Waals surface area contributed by atoms with Crippen LogP contribution in [-0.2, 0) is 24.4 Å². The molecule has 1 aliphatic heterocycles. The topological polar surface area (TPSA) is 61.6 Å². The van der Waals surface area contributed by atoms with E-state index in [4.69, 9.17) is 0 Å². The third-order valence-corrected chi connectivity index (χ3v) is 4.85. The van der Waals surface area contributed by atoms with Crippen molar-refractivity contribution in [2.24, 2.45) is 0 Å². The first kappa shape index (κ1) is 19.4. The Labute approximate surface area is 157 Å². The molecular formula is C19H24F2N4O2. The van der Waals surface area contributed by atoms with Gasteiger partial charge in [0, 0.05) is 39.3 Å². The molecule has 2 aromatic rings. The second-order valence-electron chi connectivity index (χ2n) is 7.17. The van der Waals surface area contributed by atoms with Crippen molar-refractivity contribution in [2.45, 2.75) is 39.1 Å². The lowest BCUT2D eigenvalue weighted by Gasteiger charge is -2.27. The van der Waals surface area contributed by atoms with Gasteiger partial charge in [-0.15, -0.1) is 0 Å².